The van der Waals surface area contributed by atoms with E-state index in [1.807, 2.05) is 6.92 Å². The Hall–Kier alpha value is -2.42. The average molecular weight is 349 g/mol. The Morgan fingerprint density at radius 1 is 1.21 bits per heavy atom. The number of nitrogens with zero attached hydrogens (tertiary/aromatic N) is 4. The van der Waals surface area contributed by atoms with Gasteiger partial charge in [-0.15, -0.1) is 10.2 Å². The maximum absolute atomic E-state index is 12.2. The fraction of sp³-hybridized carbons (Fsp3) is 0.467. The third-order valence-corrected chi connectivity index (χ3v) is 4.86. The summed E-state index contributed by atoms with van der Waals surface area (Å²) in [4.78, 5) is 27.8. The van der Waals surface area contributed by atoms with Gasteiger partial charge in [0, 0.05) is 26.2 Å². The molecule has 8 nitrogen and oxygen atoms in total. The van der Waals surface area contributed by atoms with Crippen LogP contribution in [0.25, 0.3) is 0 Å². The summed E-state index contributed by atoms with van der Waals surface area (Å²) in [5, 5.41) is 12.7. The Kier molecular flexibility index (Phi) is 5.09. The third kappa shape index (κ3) is 3.73. The Balaban J connectivity index is 1.45. The van der Waals surface area contributed by atoms with Gasteiger partial charge in [0.15, 0.2) is 5.76 Å². The molecule has 1 aliphatic heterocycles. The van der Waals surface area contributed by atoms with Crippen LogP contribution in [-0.2, 0) is 13.0 Å². The van der Waals surface area contributed by atoms with Crippen molar-refractivity contribution >= 4 is 23.3 Å². The highest BCUT2D eigenvalue weighted by Crippen LogP contribution is 2.11. The number of piperazine rings is 1. The molecule has 9 heteroatoms. The van der Waals surface area contributed by atoms with E-state index in [1.165, 1.54) is 17.6 Å². The number of hydrogen-bond donors (Lipinski definition) is 1. The van der Waals surface area contributed by atoms with E-state index in [9.17, 15) is 9.59 Å². The Labute approximate surface area is 143 Å². The maximum atomic E-state index is 12.2. The minimum absolute atomic E-state index is 0.138. The summed E-state index contributed by atoms with van der Waals surface area (Å²) in [6, 6.07) is 3.19. The van der Waals surface area contributed by atoms with Crippen molar-refractivity contribution in [2.45, 2.75) is 19.9 Å². The molecule has 1 fully saturated rings. The molecule has 0 atom stereocenters. The summed E-state index contributed by atoms with van der Waals surface area (Å²) in [5.74, 6) is 0.192. The number of aromatic nitrogens is 2. The van der Waals surface area contributed by atoms with E-state index in [2.05, 4.69) is 15.5 Å². The lowest BCUT2D eigenvalue weighted by Crippen LogP contribution is -2.53. The largest absolute Gasteiger partial charge is 0.459 e. The van der Waals surface area contributed by atoms with Crippen molar-refractivity contribution in [3.63, 3.8) is 0 Å². The molecule has 3 rings (SSSR count). The highest BCUT2D eigenvalue weighted by Gasteiger charge is 2.26. The topological polar surface area (TPSA) is 91.6 Å². The molecular weight excluding hydrogens is 330 g/mol. The van der Waals surface area contributed by atoms with E-state index in [1.54, 1.807) is 21.9 Å². The van der Waals surface area contributed by atoms with Crippen LogP contribution in [0.2, 0.25) is 0 Å². The first kappa shape index (κ1) is 16.4. The number of aryl methyl sites for hydroxylation is 1. The smallest absolute Gasteiger partial charge is 0.317 e. The van der Waals surface area contributed by atoms with Crippen LogP contribution in [0, 0.1) is 0 Å². The van der Waals surface area contributed by atoms with E-state index >= 15 is 0 Å². The van der Waals surface area contributed by atoms with Gasteiger partial charge in [0.05, 0.1) is 12.8 Å². The van der Waals surface area contributed by atoms with Crippen molar-refractivity contribution < 1.29 is 14.0 Å². The molecule has 0 aromatic carbocycles. The number of amides is 3. The van der Waals surface area contributed by atoms with Crippen molar-refractivity contribution in [3.05, 3.63) is 34.2 Å². The zero-order chi connectivity index (χ0) is 16.9. The Morgan fingerprint density at radius 3 is 2.54 bits per heavy atom. The van der Waals surface area contributed by atoms with Crippen LogP contribution in [0.4, 0.5) is 4.79 Å². The van der Waals surface area contributed by atoms with Gasteiger partial charge < -0.3 is 19.5 Å². The quantitative estimate of drug-likeness (QED) is 0.900. The molecule has 1 saturated heterocycles. The lowest BCUT2D eigenvalue weighted by atomic mass is 10.3. The number of carbonyl (C=O) groups is 2. The summed E-state index contributed by atoms with van der Waals surface area (Å²) in [6.45, 7) is 4.37. The number of carbonyl (C=O) groups excluding carboxylic acids is 2. The minimum atomic E-state index is -0.145. The van der Waals surface area contributed by atoms with E-state index < -0.39 is 0 Å². The van der Waals surface area contributed by atoms with Gasteiger partial charge in [0.1, 0.15) is 10.0 Å². The van der Waals surface area contributed by atoms with Crippen molar-refractivity contribution in [2.75, 3.05) is 26.2 Å². The number of urea groups is 1. The Morgan fingerprint density at radius 2 is 1.92 bits per heavy atom. The SMILES string of the molecule is CCc1nnc(CNC(=O)N2CCN(C(=O)c3ccco3)CC2)s1. The first-order valence-electron chi connectivity index (χ1n) is 7.84. The monoisotopic (exact) mass is 349 g/mol. The van der Waals surface area contributed by atoms with Crippen LogP contribution in [0.1, 0.15) is 27.5 Å². The first-order valence-corrected chi connectivity index (χ1v) is 8.66. The molecule has 24 heavy (non-hydrogen) atoms. The van der Waals surface area contributed by atoms with Crippen LogP contribution in [0.5, 0.6) is 0 Å². The third-order valence-electron chi connectivity index (χ3n) is 3.79. The molecule has 0 bridgehead atoms. The van der Waals surface area contributed by atoms with E-state index in [-0.39, 0.29) is 11.9 Å². The van der Waals surface area contributed by atoms with Gasteiger partial charge in [-0.3, -0.25) is 4.79 Å². The Bertz CT molecular complexity index is 692. The lowest BCUT2D eigenvalue weighted by molar-refractivity contribution is 0.0634. The van der Waals surface area contributed by atoms with Crippen LogP contribution in [0.15, 0.2) is 22.8 Å². The fourth-order valence-electron chi connectivity index (χ4n) is 2.43. The second kappa shape index (κ2) is 7.43. The predicted octanol–water partition coefficient (Wildman–Crippen LogP) is 1.36. The molecule has 1 aliphatic rings. The highest BCUT2D eigenvalue weighted by atomic mass is 32.1. The molecule has 0 spiro atoms. The van der Waals surface area contributed by atoms with E-state index in [0.717, 1.165) is 16.4 Å². The van der Waals surface area contributed by atoms with Gasteiger partial charge in [-0.25, -0.2) is 4.79 Å². The van der Waals surface area contributed by atoms with Crippen LogP contribution in [-0.4, -0.2) is 58.1 Å². The highest BCUT2D eigenvalue weighted by molar-refractivity contribution is 7.11. The molecule has 2 aromatic rings. The lowest BCUT2D eigenvalue weighted by Gasteiger charge is -2.34. The molecular formula is C15H19N5O3S. The predicted molar refractivity (Wildman–Crippen MR) is 87.7 cm³/mol. The normalized spacial score (nSPS) is 14.7. The number of nitrogens with one attached hydrogen (secondary N) is 1. The summed E-state index contributed by atoms with van der Waals surface area (Å²) < 4.78 is 5.13. The molecule has 1 N–H and O–H groups in total. The minimum Gasteiger partial charge on any atom is -0.459 e. The summed E-state index contributed by atoms with van der Waals surface area (Å²) in [5.41, 5.74) is 0. The van der Waals surface area contributed by atoms with Gasteiger partial charge in [0.25, 0.3) is 5.91 Å². The molecule has 0 aliphatic carbocycles. The zero-order valence-electron chi connectivity index (χ0n) is 13.4. The summed E-state index contributed by atoms with van der Waals surface area (Å²) in [7, 11) is 0. The fourth-order valence-corrected chi connectivity index (χ4v) is 3.16. The molecule has 3 amide bonds. The van der Waals surface area contributed by atoms with Gasteiger partial charge in [0.2, 0.25) is 0 Å². The zero-order valence-corrected chi connectivity index (χ0v) is 14.2. The number of hydrogen-bond acceptors (Lipinski definition) is 6. The van der Waals surface area contributed by atoms with Gasteiger partial charge in [-0.2, -0.15) is 0 Å². The van der Waals surface area contributed by atoms with Crippen LogP contribution < -0.4 is 5.32 Å². The van der Waals surface area contributed by atoms with Gasteiger partial charge in [-0.1, -0.05) is 18.3 Å². The van der Waals surface area contributed by atoms with Crippen molar-refractivity contribution in [3.8, 4) is 0 Å². The van der Waals surface area contributed by atoms with E-state index in [4.69, 9.17) is 4.42 Å². The average Bonchev–Trinajstić information content (AvgIpc) is 3.30. The molecule has 128 valence electrons. The number of furan rings is 1. The molecule has 0 radical (unpaired) electrons. The second-order valence-electron chi connectivity index (χ2n) is 5.36. The second-order valence-corrected chi connectivity index (χ2v) is 6.50. The number of rotatable bonds is 4. The summed E-state index contributed by atoms with van der Waals surface area (Å²) >= 11 is 1.51. The maximum Gasteiger partial charge on any atom is 0.317 e. The van der Waals surface area contributed by atoms with Gasteiger partial charge in [-0.05, 0) is 18.6 Å². The first-order chi connectivity index (χ1) is 11.7. The summed E-state index contributed by atoms with van der Waals surface area (Å²) in [6.07, 6.45) is 2.33. The van der Waals surface area contributed by atoms with Crippen LogP contribution >= 0.6 is 11.3 Å². The molecule has 0 saturated carbocycles. The van der Waals surface area contributed by atoms with Crippen LogP contribution in [0.3, 0.4) is 0 Å². The van der Waals surface area contributed by atoms with E-state index in [0.29, 0.717) is 38.5 Å². The molecule has 0 unspecified atom stereocenters. The molecule has 3 heterocycles. The van der Waals surface area contributed by atoms with Gasteiger partial charge >= 0.3 is 6.03 Å². The standard InChI is InChI=1S/C15H19N5O3S/c1-2-12-17-18-13(24-12)10-16-15(22)20-7-5-19(6-8-20)14(21)11-4-3-9-23-11/h3-4,9H,2,5-8,10H2,1H3,(H,16,22). The van der Waals surface area contributed by atoms with Crippen molar-refractivity contribution in [2.24, 2.45) is 0 Å². The molecule has 2 aromatic heterocycles. The van der Waals surface area contributed by atoms with Crippen molar-refractivity contribution in [1.82, 2.24) is 25.3 Å². The van der Waals surface area contributed by atoms with Crippen molar-refractivity contribution in [1.29, 1.82) is 0 Å².